The molecule has 1 unspecified atom stereocenters. The third-order valence-electron chi connectivity index (χ3n) is 2.41. The summed E-state index contributed by atoms with van der Waals surface area (Å²) in [5, 5.41) is 11.0. The SMILES string of the molecule is CC(C)(C)C(N)c1cc(Cl)cc([N+](=O)[O-])c1. The molecule has 88 valence electrons. The Morgan fingerprint density at radius 1 is 1.38 bits per heavy atom. The number of hydrogen-bond donors (Lipinski definition) is 1. The molecule has 0 aliphatic rings. The van der Waals surface area contributed by atoms with Gasteiger partial charge in [-0.15, -0.1) is 0 Å². The number of benzene rings is 1. The molecule has 5 heteroatoms. The van der Waals surface area contributed by atoms with E-state index in [1.165, 1.54) is 12.1 Å². The first-order valence-corrected chi connectivity index (χ1v) is 5.30. The van der Waals surface area contributed by atoms with Crippen LogP contribution in [0.4, 0.5) is 5.69 Å². The molecule has 0 heterocycles. The van der Waals surface area contributed by atoms with Crippen molar-refractivity contribution in [2.75, 3.05) is 0 Å². The average molecular weight is 243 g/mol. The van der Waals surface area contributed by atoms with E-state index in [1.807, 2.05) is 20.8 Å². The maximum absolute atomic E-state index is 10.7. The zero-order valence-electron chi connectivity index (χ0n) is 9.53. The molecule has 2 N–H and O–H groups in total. The predicted molar refractivity (Wildman–Crippen MR) is 64.5 cm³/mol. The van der Waals surface area contributed by atoms with Crippen LogP contribution in [0.25, 0.3) is 0 Å². The van der Waals surface area contributed by atoms with Crippen molar-refractivity contribution in [1.29, 1.82) is 0 Å². The Balaban J connectivity index is 3.20. The smallest absolute Gasteiger partial charge is 0.271 e. The Morgan fingerprint density at radius 2 is 1.94 bits per heavy atom. The van der Waals surface area contributed by atoms with Gasteiger partial charge in [0.1, 0.15) is 0 Å². The highest BCUT2D eigenvalue weighted by Crippen LogP contribution is 2.33. The molecule has 0 aliphatic carbocycles. The van der Waals surface area contributed by atoms with Gasteiger partial charge in [0.05, 0.1) is 4.92 Å². The van der Waals surface area contributed by atoms with Gasteiger partial charge >= 0.3 is 0 Å². The Hall–Kier alpha value is -1.13. The van der Waals surface area contributed by atoms with Crippen molar-refractivity contribution in [3.63, 3.8) is 0 Å². The second-order valence-corrected chi connectivity index (χ2v) is 5.28. The third kappa shape index (κ3) is 2.93. The maximum Gasteiger partial charge on any atom is 0.271 e. The molecule has 0 saturated carbocycles. The lowest BCUT2D eigenvalue weighted by molar-refractivity contribution is -0.384. The van der Waals surface area contributed by atoms with Crippen molar-refractivity contribution in [1.82, 2.24) is 0 Å². The van der Waals surface area contributed by atoms with Crippen LogP contribution in [0.15, 0.2) is 18.2 Å². The van der Waals surface area contributed by atoms with Crippen molar-refractivity contribution in [3.05, 3.63) is 38.9 Å². The van der Waals surface area contributed by atoms with Crippen LogP contribution in [-0.4, -0.2) is 4.92 Å². The highest BCUT2D eigenvalue weighted by molar-refractivity contribution is 6.30. The highest BCUT2D eigenvalue weighted by Gasteiger charge is 2.24. The summed E-state index contributed by atoms with van der Waals surface area (Å²) in [4.78, 5) is 10.2. The molecule has 1 aromatic carbocycles. The average Bonchev–Trinajstić information content (AvgIpc) is 2.14. The van der Waals surface area contributed by atoms with Gasteiger partial charge in [-0.25, -0.2) is 0 Å². The molecule has 1 rings (SSSR count). The number of nitrogens with zero attached hydrogens (tertiary/aromatic N) is 1. The standard InChI is InChI=1S/C11H15ClN2O2/c1-11(2,3)10(13)7-4-8(12)6-9(5-7)14(15)16/h4-6,10H,13H2,1-3H3. The van der Waals surface area contributed by atoms with Gasteiger partial charge in [-0.3, -0.25) is 10.1 Å². The topological polar surface area (TPSA) is 69.2 Å². The van der Waals surface area contributed by atoms with Gasteiger partial charge in [0, 0.05) is 23.2 Å². The summed E-state index contributed by atoms with van der Waals surface area (Å²) in [6, 6.07) is 4.18. The zero-order chi connectivity index (χ0) is 12.5. The Labute approximate surface area is 99.6 Å². The molecular formula is C11H15ClN2O2. The number of nitrogens with two attached hydrogens (primary N) is 1. The lowest BCUT2D eigenvalue weighted by Crippen LogP contribution is -2.26. The summed E-state index contributed by atoms with van der Waals surface area (Å²) in [7, 11) is 0. The Bertz CT molecular complexity index is 413. The first-order chi connectivity index (χ1) is 7.21. The van der Waals surface area contributed by atoms with Gasteiger partial charge in [0.2, 0.25) is 0 Å². The van der Waals surface area contributed by atoms with Crippen molar-refractivity contribution in [2.45, 2.75) is 26.8 Å². The van der Waals surface area contributed by atoms with Crippen LogP contribution in [0.3, 0.4) is 0 Å². The van der Waals surface area contributed by atoms with E-state index in [1.54, 1.807) is 6.07 Å². The minimum Gasteiger partial charge on any atom is -0.324 e. The lowest BCUT2D eigenvalue weighted by Gasteiger charge is -2.27. The van der Waals surface area contributed by atoms with Crippen molar-refractivity contribution < 1.29 is 4.92 Å². The van der Waals surface area contributed by atoms with E-state index in [0.29, 0.717) is 10.6 Å². The number of halogens is 1. The fraction of sp³-hybridized carbons (Fsp3) is 0.455. The quantitative estimate of drug-likeness (QED) is 0.639. The normalized spacial score (nSPS) is 13.6. The molecule has 0 spiro atoms. The summed E-state index contributed by atoms with van der Waals surface area (Å²) >= 11 is 5.83. The van der Waals surface area contributed by atoms with Crippen LogP contribution in [0.5, 0.6) is 0 Å². The van der Waals surface area contributed by atoms with E-state index in [0.717, 1.165) is 0 Å². The van der Waals surface area contributed by atoms with Crippen LogP contribution < -0.4 is 5.73 Å². The predicted octanol–water partition coefficient (Wildman–Crippen LogP) is 3.29. The lowest BCUT2D eigenvalue weighted by atomic mass is 9.83. The molecule has 4 nitrogen and oxygen atoms in total. The van der Waals surface area contributed by atoms with E-state index in [2.05, 4.69) is 0 Å². The first-order valence-electron chi connectivity index (χ1n) is 4.92. The molecule has 0 amide bonds. The summed E-state index contributed by atoms with van der Waals surface area (Å²) in [6.07, 6.45) is 0. The van der Waals surface area contributed by atoms with Crippen LogP contribution in [0.1, 0.15) is 32.4 Å². The largest absolute Gasteiger partial charge is 0.324 e. The minimum atomic E-state index is -0.468. The zero-order valence-corrected chi connectivity index (χ0v) is 10.3. The number of nitro groups is 1. The summed E-state index contributed by atoms with van der Waals surface area (Å²) < 4.78 is 0. The van der Waals surface area contributed by atoms with E-state index in [4.69, 9.17) is 17.3 Å². The number of nitro benzene ring substituents is 1. The highest BCUT2D eigenvalue weighted by atomic mass is 35.5. The fourth-order valence-corrected chi connectivity index (χ4v) is 1.62. The molecule has 0 aliphatic heterocycles. The molecule has 0 radical (unpaired) electrons. The number of rotatable bonds is 2. The molecule has 0 fully saturated rings. The van der Waals surface area contributed by atoms with Crippen LogP contribution in [-0.2, 0) is 0 Å². The molecule has 1 aromatic rings. The fourth-order valence-electron chi connectivity index (χ4n) is 1.38. The van der Waals surface area contributed by atoms with Crippen LogP contribution in [0.2, 0.25) is 5.02 Å². The van der Waals surface area contributed by atoms with Gasteiger partial charge in [-0.05, 0) is 17.0 Å². The molecular weight excluding hydrogens is 228 g/mol. The van der Waals surface area contributed by atoms with Crippen molar-refractivity contribution in [3.8, 4) is 0 Å². The molecule has 0 bridgehead atoms. The first kappa shape index (κ1) is 12.9. The van der Waals surface area contributed by atoms with Gasteiger partial charge in [-0.2, -0.15) is 0 Å². The number of hydrogen-bond acceptors (Lipinski definition) is 3. The van der Waals surface area contributed by atoms with Crippen LogP contribution in [0, 0.1) is 15.5 Å². The minimum absolute atomic E-state index is 0.0257. The van der Waals surface area contributed by atoms with E-state index in [9.17, 15) is 10.1 Å². The monoisotopic (exact) mass is 242 g/mol. The van der Waals surface area contributed by atoms with E-state index < -0.39 is 4.92 Å². The van der Waals surface area contributed by atoms with Gasteiger partial charge in [-0.1, -0.05) is 32.4 Å². The van der Waals surface area contributed by atoms with Crippen molar-refractivity contribution >= 4 is 17.3 Å². The van der Waals surface area contributed by atoms with Gasteiger partial charge < -0.3 is 5.73 Å². The van der Waals surface area contributed by atoms with Crippen molar-refractivity contribution in [2.24, 2.45) is 11.1 Å². The van der Waals surface area contributed by atoms with Gasteiger partial charge in [0.25, 0.3) is 5.69 Å². The summed E-state index contributed by atoms with van der Waals surface area (Å²) in [5.41, 5.74) is 6.52. The second kappa shape index (κ2) is 4.39. The molecule has 16 heavy (non-hydrogen) atoms. The third-order valence-corrected chi connectivity index (χ3v) is 2.63. The van der Waals surface area contributed by atoms with E-state index in [-0.39, 0.29) is 17.1 Å². The molecule has 0 aromatic heterocycles. The molecule has 1 atom stereocenters. The maximum atomic E-state index is 10.7. The Morgan fingerprint density at radius 3 is 2.38 bits per heavy atom. The summed E-state index contributed by atoms with van der Waals surface area (Å²) in [6.45, 7) is 5.93. The van der Waals surface area contributed by atoms with E-state index >= 15 is 0 Å². The summed E-state index contributed by atoms with van der Waals surface area (Å²) in [5.74, 6) is 0. The number of non-ortho nitro benzene ring substituents is 1. The molecule has 0 saturated heterocycles. The van der Waals surface area contributed by atoms with Crippen LogP contribution >= 0.6 is 11.6 Å². The van der Waals surface area contributed by atoms with Gasteiger partial charge in [0.15, 0.2) is 0 Å². The second-order valence-electron chi connectivity index (χ2n) is 4.84. The Kier molecular flexibility index (Phi) is 3.55.